The smallest absolute Gasteiger partial charge is 0.285 e. The number of nitrogens with zero attached hydrogens (tertiary/aromatic N) is 2. The van der Waals surface area contributed by atoms with E-state index in [9.17, 15) is 4.79 Å². The molecule has 0 aliphatic carbocycles. The number of hydrogen-bond acceptors (Lipinski definition) is 2. The Morgan fingerprint density at radius 3 is 1.85 bits per heavy atom. The molecule has 0 spiro atoms. The first-order valence-electron chi connectivity index (χ1n) is 10.7. The van der Waals surface area contributed by atoms with Crippen molar-refractivity contribution in [2.45, 2.75) is 110 Å². The topological polar surface area (TPSA) is 58.1 Å². The normalized spacial score (nSPS) is 10.6. The number of amides is 1. The van der Waals surface area contributed by atoms with Gasteiger partial charge in [0.2, 0.25) is 6.33 Å². The molecule has 1 amide bonds. The van der Waals surface area contributed by atoms with E-state index in [2.05, 4.69) is 11.5 Å². The minimum Gasteiger partial charge on any atom is -1.00 e. The van der Waals surface area contributed by atoms with Crippen molar-refractivity contribution in [3.8, 4) is 0 Å². The number of nitrogens with one attached hydrogen (secondary N) is 1. The largest absolute Gasteiger partial charge is 1.00 e. The van der Waals surface area contributed by atoms with Crippen molar-refractivity contribution < 1.29 is 27.0 Å². The Kier molecular flexibility index (Phi) is 17.6. The van der Waals surface area contributed by atoms with E-state index in [1.807, 2.05) is 18.7 Å². The molecule has 0 bridgehead atoms. The van der Waals surface area contributed by atoms with E-state index < -0.39 is 5.91 Å². The highest BCUT2D eigenvalue weighted by molar-refractivity contribution is 5.72. The van der Waals surface area contributed by atoms with Crippen LogP contribution < -0.4 is 22.5 Å². The molecule has 158 valence electrons. The molecule has 0 saturated carbocycles. The number of hydroxylamine groups is 1. The first-order valence-corrected chi connectivity index (χ1v) is 10.7. The summed E-state index contributed by atoms with van der Waals surface area (Å²) in [4.78, 5) is 11.1. The van der Waals surface area contributed by atoms with Crippen molar-refractivity contribution in [1.29, 1.82) is 0 Å². The highest BCUT2D eigenvalue weighted by Crippen LogP contribution is 2.13. The van der Waals surface area contributed by atoms with Gasteiger partial charge >= 0.3 is 0 Å². The Morgan fingerprint density at radius 1 is 0.889 bits per heavy atom. The van der Waals surface area contributed by atoms with Gasteiger partial charge in [-0.15, -0.1) is 0 Å². The molecule has 0 aliphatic rings. The van der Waals surface area contributed by atoms with Gasteiger partial charge in [-0.05, 0) is 12.8 Å². The molecule has 0 aromatic carbocycles. The van der Waals surface area contributed by atoms with E-state index in [1.54, 1.807) is 10.0 Å². The third-order valence-electron chi connectivity index (χ3n) is 4.97. The van der Waals surface area contributed by atoms with Gasteiger partial charge in [0.15, 0.2) is 6.54 Å². The zero-order valence-electron chi connectivity index (χ0n) is 17.2. The van der Waals surface area contributed by atoms with Crippen molar-refractivity contribution >= 4 is 5.91 Å². The number of carbonyl (C=O) groups is 1. The Bertz CT molecular complexity index is 466. The van der Waals surface area contributed by atoms with Crippen molar-refractivity contribution in [3.05, 3.63) is 18.7 Å². The quantitative estimate of drug-likeness (QED) is 0.181. The molecule has 0 saturated heterocycles. The zero-order valence-corrected chi connectivity index (χ0v) is 17.9. The molecule has 1 aromatic heterocycles. The second-order valence-electron chi connectivity index (χ2n) is 7.45. The first-order chi connectivity index (χ1) is 12.8. The first kappa shape index (κ1) is 25.9. The van der Waals surface area contributed by atoms with Crippen LogP contribution in [0.5, 0.6) is 0 Å². The van der Waals surface area contributed by atoms with Gasteiger partial charge in [0.25, 0.3) is 5.91 Å². The number of halogens is 1. The van der Waals surface area contributed by atoms with Gasteiger partial charge in [0.05, 0.1) is 6.54 Å². The fraction of sp³-hybridized carbons (Fsp3) is 0.810. The van der Waals surface area contributed by atoms with E-state index in [-0.39, 0.29) is 19.0 Å². The zero-order chi connectivity index (χ0) is 18.9. The molecular formula is C21H40ClN3O2. The molecule has 0 fully saturated rings. The maximum absolute atomic E-state index is 11.1. The summed E-state index contributed by atoms with van der Waals surface area (Å²) in [5.41, 5.74) is 1.65. The Labute approximate surface area is 171 Å². The van der Waals surface area contributed by atoms with Crippen LogP contribution in [0.4, 0.5) is 0 Å². The Morgan fingerprint density at radius 2 is 1.37 bits per heavy atom. The van der Waals surface area contributed by atoms with E-state index in [4.69, 9.17) is 5.21 Å². The van der Waals surface area contributed by atoms with Crippen LogP contribution in [0.15, 0.2) is 18.7 Å². The van der Waals surface area contributed by atoms with Crippen LogP contribution >= 0.6 is 0 Å². The number of unbranched alkanes of at least 4 members (excludes halogenated alkanes) is 13. The fourth-order valence-electron chi connectivity index (χ4n) is 3.35. The molecule has 5 nitrogen and oxygen atoms in total. The standard InChI is InChI=1S/C21H39N3O2.ClH/c1-2-3-4-5-6-7-8-9-10-11-12-13-14-15-16-23-17-18-24(20-23)19-21(25)22-26;/h17-18,20H,2-16,19H2,1H3,(H-,22,25,26);1H. The molecule has 0 radical (unpaired) electrons. The van der Waals surface area contributed by atoms with Crippen LogP contribution in [-0.2, 0) is 17.9 Å². The molecule has 0 unspecified atom stereocenters. The van der Waals surface area contributed by atoms with E-state index in [0.717, 1.165) is 6.54 Å². The summed E-state index contributed by atoms with van der Waals surface area (Å²) in [6.07, 6.45) is 25.0. The fourth-order valence-corrected chi connectivity index (χ4v) is 3.35. The predicted octanol–water partition coefficient (Wildman–Crippen LogP) is 1.77. The molecule has 1 rings (SSSR count). The number of carbonyl (C=O) groups excluding carboxylic acids is 1. The maximum Gasteiger partial charge on any atom is 0.285 e. The van der Waals surface area contributed by atoms with Crippen LogP contribution in [0, 0.1) is 0 Å². The summed E-state index contributed by atoms with van der Waals surface area (Å²) < 4.78 is 3.88. The summed E-state index contributed by atoms with van der Waals surface area (Å²) in [5, 5.41) is 8.53. The van der Waals surface area contributed by atoms with E-state index in [1.165, 1.54) is 89.9 Å². The third-order valence-corrected chi connectivity index (χ3v) is 4.97. The molecule has 1 aromatic rings. The molecule has 0 atom stereocenters. The highest BCUT2D eigenvalue weighted by atomic mass is 35.5. The second-order valence-corrected chi connectivity index (χ2v) is 7.45. The lowest BCUT2D eigenvalue weighted by molar-refractivity contribution is -0.684. The Hall–Kier alpha value is -1.07. The summed E-state index contributed by atoms with van der Waals surface area (Å²) >= 11 is 0. The molecule has 0 aliphatic heterocycles. The highest BCUT2D eigenvalue weighted by Gasteiger charge is 2.07. The van der Waals surface area contributed by atoms with Gasteiger partial charge in [-0.1, -0.05) is 84.0 Å². The number of aromatic nitrogens is 2. The van der Waals surface area contributed by atoms with Crippen molar-refractivity contribution in [1.82, 2.24) is 10.0 Å². The minimum absolute atomic E-state index is 0. The summed E-state index contributed by atoms with van der Waals surface area (Å²) in [6, 6.07) is 0. The molecule has 6 heteroatoms. The summed E-state index contributed by atoms with van der Waals surface area (Å²) in [5.74, 6) is -0.399. The van der Waals surface area contributed by atoms with Crippen LogP contribution in [0.2, 0.25) is 0 Å². The average Bonchev–Trinajstić information content (AvgIpc) is 3.09. The molecular weight excluding hydrogens is 362 g/mol. The number of imidazole rings is 1. The molecule has 1 heterocycles. The lowest BCUT2D eigenvalue weighted by Crippen LogP contribution is -3.00. The van der Waals surface area contributed by atoms with Gasteiger partial charge in [-0.3, -0.25) is 10.0 Å². The van der Waals surface area contributed by atoms with Gasteiger partial charge in [-0.2, -0.15) is 0 Å². The average molecular weight is 402 g/mol. The molecule has 2 N–H and O–H groups in total. The van der Waals surface area contributed by atoms with Gasteiger partial charge < -0.3 is 12.4 Å². The number of rotatable bonds is 17. The van der Waals surface area contributed by atoms with Gasteiger partial charge in [0.1, 0.15) is 12.4 Å². The monoisotopic (exact) mass is 401 g/mol. The SMILES string of the molecule is CCCCCCCCCCCCCCCCn1cc[n+](CC(=O)NO)c1.[Cl-]. The van der Waals surface area contributed by atoms with E-state index in [0.29, 0.717) is 0 Å². The minimum atomic E-state index is -0.399. The van der Waals surface area contributed by atoms with Gasteiger partial charge in [-0.25, -0.2) is 14.6 Å². The number of aryl methyl sites for hydroxylation is 1. The van der Waals surface area contributed by atoms with Crippen LogP contribution in [0.3, 0.4) is 0 Å². The van der Waals surface area contributed by atoms with Crippen molar-refractivity contribution in [2.24, 2.45) is 0 Å². The van der Waals surface area contributed by atoms with Crippen LogP contribution in [0.25, 0.3) is 0 Å². The summed E-state index contributed by atoms with van der Waals surface area (Å²) in [7, 11) is 0. The van der Waals surface area contributed by atoms with Crippen molar-refractivity contribution in [3.63, 3.8) is 0 Å². The number of hydrogen-bond donors (Lipinski definition) is 2. The van der Waals surface area contributed by atoms with Crippen molar-refractivity contribution in [2.75, 3.05) is 0 Å². The summed E-state index contributed by atoms with van der Waals surface area (Å²) in [6.45, 7) is 3.42. The molecule has 27 heavy (non-hydrogen) atoms. The predicted molar refractivity (Wildman–Crippen MR) is 105 cm³/mol. The lowest BCUT2D eigenvalue weighted by atomic mass is 10.0. The maximum atomic E-state index is 11.1. The Balaban J connectivity index is 0.00000676. The second kappa shape index (κ2) is 18.3. The third kappa shape index (κ3) is 14.6. The van der Waals surface area contributed by atoms with E-state index >= 15 is 0 Å². The van der Waals surface area contributed by atoms with Crippen LogP contribution in [0.1, 0.15) is 96.8 Å². The van der Waals surface area contributed by atoms with Gasteiger partial charge in [0, 0.05) is 0 Å². The lowest BCUT2D eigenvalue weighted by Gasteiger charge is -2.03. The van der Waals surface area contributed by atoms with Crippen LogP contribution in [-0.4, -0.2) is 15.7 Å².